The van der Waals surface area contributed by atoms with Crippen LogP contribution in [0.1, 0.15) is 13.3 Å². The van der Waals surface area contributed by atoms with Gasteiger partial charge >= 0.3 is 0 Å². The highest BCUT2D eigenvalue weighted by molar-refractivity contribution is 4.90. The quantitative estimate of drug-likeness (QED) is 0.559. The molecule has 0 aromatic rings. The van der Waals surface area contributed by atoms with Gasteiger partial charge in [0.25, 0.3) is 0 Å². The lowest BCUT2D eigenvalue weighted by molar-refractivity contribution is -0.0842. The van der Waals surface area contributed by atoms with Crippen LogP contribution in [0.15, 0.2) is 0 Å². The summed E-state index contributed by atoms with van der Waals surface area (Å²) in [6.45, 7) is 4.51. The minimum Gasteiger partial charge on any atom is -0.396 e. The number of aliphatic hydroxyl groups is 2. The lowest BCUT2D eigenvalue weighted by Gasteiger charge is -2.44. The average Bonchev–Trinajstić information content (AvgIpc) is 1.78. The van der Waals surface area contributed by atoms with Gasteiger partial charge in [-0.2, -0.15) is 0 Å². The van der Waals surface area contributed by atoms with Crippen molar-refractivity contribution in [2.45, 2.75) is 18.9 Å². The molecule has 1 aliphatic rings. The van der Waals surface area contributed by atoms with Crippen LogP contribution in [0, 0.1) is 0 Å². The minimum atomic E-state index is -0.463. The maximum Gasteiger partial charge on any atom is 0.0872 e. The molecule has 10 heavy (non-hydrogen) atoms. The highest BCUT2D eigenvalue weighted by Crippen LogP contribution is 2.18. The van der Waals surface area contributed by atoms with Crippen LogP contribution in [0.25, 0.3) is 0 Å². The van der Waals surface area contributed by atoms with Crippen molar-refractivity contribution in [3.05, 3.63) is 0 Å². The minimum absolute atomic E-state index is 0.249. The Balaban J connectivity index is 2.03. The van der Waals surface area contributed by atoms with Crippen LogP contribution < -0.4 is 0 Å². The van der Waals surface area contributed by atoms with Gasteiger partial charge in [-0.3, -0.25) is 4.90 Å². The molecule has 3 heteroatoms. The second-order valence-electron chi connectivity index (χ2n) is 3.28. The molecule has 0 amide bonds. The first kappa shape index (κ1) is 7.98. The molecular formula is C7H15NO2. The van der Waals surface area contributed by atoms with Crippen molar-refractivity contribution >= 4 is 0 Å². The third kappa shape index (κ3) is 1.94. The Hall–Kier alpha value is -0.120. The fourth-order valence-electron chi connectivity index (χ4n) is 1.37. The Bertz CT molecular complexity index is 106. The molecule has 0 radical (unpaired) electrons. The molecule has 1 fully saturated rings. The first-order chi connectivity index (χ1) is 4.64. The van der Waals surface area contributed by atoms with E-state index in [1.54, 1.807) is 0 Å². The molecule has 1 saturated heterocycles. The Morgan fingerprint density at radius 1 is 1.50 bits per heavy atom. The smallest absolute Gasteiger partial charge is 0.0872 e. The third-order valence-corrected chi connectivity index (χ3v) is 1.76. The van der Waals surface area contributed by atoms with Crippen LogP contribution in [-0.2, 0) is 0 Å². The zero-order valence-electron chi connectivity index (χ0n) is 6.38. The molecule has 2 N–H and O–H groups in total. The Kier molecular flexibility index (Phi) is 2.28. The average molecular weight is 145 g/mol. The molecule has 0 bridgehead atoms. The molecule has 0 spiro atoms. The van der Waals surface area contributed by atoms with E-state index in [9.17, 15) is 5.11 Å². The van der Waals surface area contributed by atoms with E-state index in [-0.39, 0.29) is 6.61 Å². The van der Waals surface area contributed by atoms with E-state index in [0.29, 0.717) is 0 Å². The van der Waals surface area contributed by atoms with Crippen molar-refractivity contribution in [3.63, 3.8) is 0 Å². The maximum absolute atomic E-state index is 9.28. The SMILES string of the molecule is CC1(O)CN(CCCO)C1. The van der Waals surface area contributed by atoms with Gasteiger partial charge in [-0.05, 0) is 13.3 Å². The summed E-state index contributed by atoms with van der Waals surface area (Å²) in [5.74, 6) is 0. The number of likely N-dealkylation sites (tertiary alicyclic amines) is 1. The first-order valence-electron chi connectivity index (χ1n) is 3.70. The summed E-state index contributed by atoms with van der Waals surface area (Å²) in [6.07, 6.45) is 0.816. The number of β-amino-alcohol motifs (C(OH)–C–C–N with tert-alkyl or cyclic N) is 1. The third-order valence-electron chi connectivity index (χ3n) is 1.76. The number of nitrogens with zero attached hydrogens (tertiary/aromatic N) is 1. The zero-order valence-corrected chi connectivity index (χ0v) is 6.38. The predicted octanol–water partition coefficient (Wildman–Crippen LogP) is -0.565. The van der Waals surface area contributed by atoms with Crippen molar-refractivity contribution < 1.29 is 10.2 Å². The van der Waals surface area contributed by atoms with Gasteiger partial charge in [-0.15, -0.1) is 0 Å². The Labute approximate surface area is 61.3 Å². The fraction of sp³-hybridized carbons (Fsp3) is 1.00. The van der Waals surface area contributed by atoms with Gasteiger partial charge in [-0.1, -0.05) is 0 Å². The largest absolute Gasteiger partial charge is 0.396 e. The van der Waals surface area contributed by atoms with Crippen LogP contribution in [0.4, 0.5) is 0 Å². The standard InChI is InChI=1S/C7H15NO2/c1-7(10)5-8(6-7)3-2-4-9/h9-10H,2-6H2,1H3. The molecule has 60 valence electrons. The molecule has 0 atom stereocenters. The zero-order chi connectivity index (χ0) is 7.61. The van der Waals surface area contributed by atoms with E-state index in [1.165, 1.54) is 0 Å². The topological polar surface area (TPSA) is 43.7 Å². The predicted molar refractivity (Wildman–Crippen MR) is 38.8 cm³/mol. The Morgan fingerprint density at radius 3 is 2.50 bits per heavy atom. The second-order valence-corrected chi connectivity index (χ2v) is 3.28. The highest BCUT2D eigenvalue weighted by Gasteiger charge is 2.35. The van der Waals surface area contributed by atoms with Gasteiger partial charge in [0.05, 0.1) is 5.60 Å². The van der Waals surface area contributed by atoms with Crippen molar-refractivity contribution in [2.75, 3.05) is 26.2 Å². The molecule has 0 aliphatic carbocycles. The summed E-state index contributed by atoms with van der Waals surface area (Å²) in [6, 6.07) is 0. The molecule has 3 nitrogen and oxygen atoms in total. The summed E-state index contributed by atoms with van der Waals surface area (Å²) < 4.78 is 0. The van der Waals surface area contributed by atoms with E-state index in [2.05, 4.69) is 4.90 Å². The summed E-state index contributed by atoms with van der Waals surface area (Å²) in [7, 11) is 0. The normalized spacial score (nSPS) is 24.3. The Morgan fingerprint density at radius 2 is 2.10 bits per heavy atom. The van der Waals surface area contributed by atoms with E-state index < -0.39 is 5.60 Å². The molecule has 1 rings (SSSR count). The van der Waals surface area contributed by atoms with Crippen LogP contribution in [0.2, 0.25) is 0 Å². The summed E-state index contributed by atoms with van der Waals surface area (Å²) >= 11 is 0. The highest BCUT2D eigenvalue weighted by atomic mass is 16.3. The lowest BCUT2D eigenvalue weighted by Crippen LogP contribution is -2.59. The summed E-state index contributed by atoms with van der Waals surface area (Å²) in [5.41, 5.74) is -0.463. The van der Waals surface area contributed by atoms with E-state index in [0.717, 1.165) is 26.1 Å². The van der Waals surface area contributed by atoms with Crippen LogP contribution >= 0.6 is 0 Å². The number of hydrogen-bond acceptors (Lipinski definition) is 3. The number of rotatable bonds is 3. The summed E-state index contributed by atoms with van der Waals surface area (Å²) in [4.78, 5) is 2.14. The van der Waals surface area contributed by atoms with Crippen molar-refractivity contribution in [3.8, 4) is 0 Å². The van der Waals surface area contributed by atoms with Gasteiger partial charge in [-0.25, -0.2) is 0 Å². The van der Waals surface area contributed by atoms with E-state index in [1.807, 2.05) is 6.92 Å². The van der Waals surface area contributed by atoms with Gasteiger partial charge in [0.2, 0.25) is 0 Å². The number of aliphatic hydroxyl groups excluding tert-OH is 1. The number of hydrogen-bond donors (Lipinski definition) is 2. The second kappa shape index (κ2) is 2.86. The fourth-order valence-corrected chi connectivity index (χ4v) is 1.37. The lowest BCUT2D eigenvalue weighted by atomic mass is 9.97. The molecule has 0 aromatic heterocycles. The van der Waals surface area contributed by atoms with Crippen molar-refractivity contribution in [2.24, 2.45) is 0 Å². The van der Waals surface area contributed by atoms with Crippen molar-refractivity contribution in [1.29, 1.82) is 0 Å². The van der Waals surface area contributed by atoms with Crippen LogP contribution in [0.5, 0.6) is 0 Å². The first-order valence-corrected chi connectivity index (χ1v) is 3.70. The monoisotopic (exact) mass is 145 g/mol. The maximum atomic E-state index is 9.28. The molecule has 0 saturated carbocycles. The van der Waals surface area contributed by atoms with Crippen LogP contribution in [0.3, 0.4) is 0 Å². The molecule has 0 aromatic carbocycles. The van der Waals surface area contributed by atoms with Crippen LogP contribution in [-0.4, -0.2) is 47.0 Å². The molecular weight excluding hydrogens is 130 g/mol. The molecule has 1 heterocycles. The van der Waals surface area contributed by atoms with Gasteiger partial charge in [0.15, 0.2) is 0 Å². The molecule has 1 aliphatic heterocycles. The van der Waals surface area contributed by atoms with Gasteiger partial charge < -0.3 is 10.2 Å². The van der Waals surface area contributed by atoms with E-state index in [4.69, 9.17) is 5.11 Å². The van der Waals surface area contributed by atoms with Crippen molar-refractivity contribution in [1.82, 2.24) is 4.90 Å². The van der Waals surface area contributed by atoms with E-state index >= 15 is 0 Å². The van der Waals surface area contributed by atoms with Gasteiger partial charge in [0.1, 0.15) is 0 Å². The van der Waals surface area contributed by atoms with Gasteiger partial charge in [0, 0.05) is 26.2 Å². The molecule has 0 unspecified atom stereocenters. The summed E-state index contributed by atoms with van der Waals surface area (Å²) in [5, 5.41) is 17.8.